The van der Waals surface area contributed by atoms with Crippen LogP contribution in [0.1, 0.15) is 70.3 Å². The Hall–Kier alpha value is -2.11. The molecule has 2 aliphatic carbocycles. The molecule has 3 aliphatic rings. The van der Waals surface area contributed by atoms with Gasteiger partial charge in [-0.2, -0.15) is 0 Å². The van der Waals surface area contributed by atoms with Crippen molar-refractivity contribution < 1.29 is 4.79 Å². The molecule has 3 fully saturated rings. The Bertz CT molecular complexity index is 936. The molecule has 0 bridgehead atoms. The largest absolute Gasteiger partial charge is 0.341 e. The number of likely N-dealkylation sites (tertiary alicyclic amines) is 1. The van der Waals surface area contributed by atoms with Gasteiger partial charge in [-0.15, -0.1) is 0 Å². The van der Waals surface area contributed by atoms with Gasteiger partial charge < -0.3 is 4.90 Å². The first-order valence-corrected chi connectivity index (χ1v) is 11.5. The zero-order valence-electron chi connectivity index (χ0n) is 17.3. The number of pyridine rings is 1. The number of nitrogens with zero attached hydrogens (tertiary/aromatic N) is 4. The Balaban J connectivity index is 1.37. The van der Waals surface area contributed by atoms with E-state index in [1.165, 1.54) is 44.9 Å². The lowest BCUT2D eigenvalue weighted by Gasteiger charge is -2.34. The topological polar surface area (TPSA) is 60.1 Å². The van der Waals surface area contributed by atoms with Crippen molar-refractivity contribution in [2.75, 3.05) is 13.1 Å². The van der Waals surface area contributed by atoms with Crippen LogP contribution in [0.4, 0.5) is 0 Å². The van der Waals surface area contributed by atoms with Crippen LogP contribution in [0.25, 0.3) is 11.2 Å². The predicted molar refractivity (Wildman–Crippen MR) is 113 cm³/mol. The Morgan fingerprint density at radius 3 is 2.66 bits per heavy atom. The SMILES string of the molecule is O=C(CC1CCCCC1)N1CCC[C@H](n2c(=O)n(CC3CC3)c3cccnc32)C1. The van der Waals surface area contributed by atoms with Crippen LogP contribution in [0, 0.1) is 11.8 Å². The third-order valence-electron chi connectivity index (χ3n) is 7.16. The van der Waals surface area contributed by atoms with Crippen molar-refractivity contribution in [2.24, 2.45) is 11.8 Å². The molecule has 2 aromatic heterocycles. The van der Waals surface area contributed by atoms with Crippen molar-refractivity contribution >= 4 is 17.1 Å². The van der Waals surface area contributed by atoms with Gasteiger partial charge in [-0.1, -0.05) is 19.3 Å². The molecule has 0 aromatic carbocycles. The second-order valence-electron chi connectivity index (χ2n) is 9.40. The summed E-state index contributed by atoms with van der Waals surface area (Å²) in [5.41, 5.74) is 1.77. The molecule has 2 aromatic rings. The van der Waals surface area contributed by atoms with Gasteiger partial charge in [0.2, 0.25) is 5.91 Å². The molecule has 1 amide bonds. The quantitative estimate of drug-likeness (QED) is 0.773. The zero-order chi connectivity index (χ0) is 19.8. The molecule has 3 heterocycles. The number of carbonyl (C=O) groups excluding carboxylic acids is 1. The van der Waals surface area contributed by atoms with E-state index in [0.717, 1.165) is 37.1 Å². The van der Waals surface area contributed by atoms with Crippen LogP contribution in [0.3, 0.4) is 0 Å². The molecule has 6 heteroatoms. The van der Waals surface area contributed by atoms with E-state index in [0.29, 0.717) is 24.8 Å². The van der Waals surface area contributed by atoms with Crippen molar-refractivity contribution in [3.05, 3.63) is 28.8 Å². The number of amides is 1. The van der Waals surface area contributed by atoms with Crippen molar-refractivity contribution in [2.45, 2.75) is 76.8 Å². The maximum atomic E-state index is 13.3. The summed E-state index contributed by atoms with van der Waals surface area (Å²) >= 11 is 0. The van der Waals surface area contributed by atoms with E-state index >= 15 is 0 Å². The number of piperidine rings is 1. The van der Waals surface area contributed by atoms with Crippen LogP contribution in [0.2, 0.25) is 0 Å². The minimum Gasteiger partial charge on any atom is -0.341 e. The van der Waals surface area contributed by atoms with Crippen molar-refractivity contribution in [1.82, 2.24) is 19.0 Å². The predicted octanol–water partition coefficient (Wildman–Crippen LogP) is 3.74. The molecule has 5 rings (SSSR count). The molecule has 29 heavy (non-hydrogen) atoms. The molecule has 0 unspecified atom stereocenters. The molecule has 156 valence electrons. The Kier molecular flexibility index (Phi) is 5.18. The first-order valence-electron chi connectivity index (χ1n) is 11.5. The summed E-state index contributed by atoms with van der Waals surface area (Å²) in [5, 5.41) is 0. The van der Waals surface area contributed by atoms with Gasteiger partial charge in [0, 0.05) is 32.3 Å². The van der Waals surface area contributed by atoms with Gasteiger partial charge in [0.05, 0.1) is 11.6 Å². The molecule has 0 spiro atoms. The molecular weight excluding hydrogens is 364 g/mol. The molecule has 1 saturated heterocycles. The number of fused-ring (bicyclic) bond motifs is 1. The summed E-state index contributed by atoms with van der Waals surface area (Å²) < 4.78 is 3.81. The first kappa shape index (κ1) is 18.9. The van der Waals surface area contributed by atoms with Gasteiger partial charge in [0.1, 0.15) is 0 Å². The van der Waals surface area contributed by atoms with Crippen molar-refractivity contribution in [1.29, 1.82) is 0 Å². The van der Waals surface area contributed by atoms with Crippen LogP contribution < -0.4 is 5.69 Å². The number of imidazole rings is 1. The fourth-order valence-electron chi connectivity index (χ4n) is 5.33. The fraction of sp³-hybridized carbons (Fsp3) is 0.696. The minimum atomic E-state index is 0.0319. The summed E-state index contributed by atoms with van der Waals surface area (Å²) in [5.74, 6) is 1.47. The van der Waals surface area contributed by atoms with Crippen LogP contribution in [0.15, 0.2) is 23.1 Å². The van der Waals surface area contributed by atoms with E-state index < -0.39 is 0 Å². The van der Waals surface area contributed by atoms with E-state index in [4.69, 9.17) is 0 Å². The fourth-order valence-corrected chi connectivity index (χ4v) is 5.33. The third kappa shape index (κ3) is 3.86. The van der Waals surface area contributed by atoms with E-state index in [1.807, 2.05) is 26.2 Å². The normalized spacial score (nSPS) is 23.6. The van der Waals surface area contributed by atoms with E-state index in [1.54, 1.807) is 6.20 Å². The van der Waals surface area contributed by atoms with Gasteiger partial charge in [0.15, 0.2) is 5.65 Å². The highest BCUT2D eigenvalue weighted by molar-refractivity contribution is 5.76. The molecule has 0 N–H and O–H groups in total. The molecule has 2 saturated carbocycles. The molecule has 1 atom stereocenters. The van der Waals surface area contributed by atoms with E-state index in [9.17, 15) is 9.59 Å². The third-order valence-corrected chi connectivity index (χ3v) is 7.16. The number of rotatable bonds is 5. The summed E-state index contributed by atoms with van der Waals surface area (Å²) in [4.78, 5) is 32.9. The number of hydrogen-bond acceptors (Lipinski definition) is 3. The summed E-state index contributed by atoms with van der Waals surface area (Å²) in [7, 11) is 0. The van der Waals surface area contributed by atoms with Gasteiger partial charge >= 0.3 is 5.69 Å². The second-order valence-corrected chi connectivity index (χ2v) is 9.40. The maximum absolute atomic E-state index is 13.3. The van der Waals surface area contributed by atoms with Crippen LogP contribution in [-0.4, -0.2) is 38.0 Å². The number of aromatic nitrogens is 3. The summed E-state index contributed by atoms with van der Waals surface area (Å²) in [6.07, 6.45) is 13.0. The summed E-state index contributed by atoms with van der Waals surface area (Å²) in [6, 6.07) is 3.96. The Morgan fingerprint density at radius 2 is 1.86 bits per heavy atom. The minimum absolute atomic E-state index is 0.0319. The molecule has 6 nitrogen and oxygen atoms in total. The van der Waals surface area contributed by atoms with Crippen LogP contribution in [0.5, 0.6) is 0 Å². The van der Waals surface area contributed by atoms with Crippen molar-refractivity contribution in [3.63, 3.8) is 0 Å². The van der Waals surface area contributed by atoms with Gasteiger partial charge in [-0.3, -0.25) is 13.9 Å². The molecule has 1 aliphatic heterocycles. The van der Waals surface area contributed by atoms with E-state index in [2.05, 4.69) is 4.98 Å². The molecule has 0 radical (unpaired) electrons. The van der Waals surface area contributed by atoms with Gasteiger partial charge in [-0.25, -0.2) is 9.78 Å². The lowest BCUT2D eigenvalue weighted by Crippen LogP contribution is -2.43. The standard InChI is InChI=1S/C23H32N4O2/c28-21(14-17-6-2-1-3-7-17)25-13-5-8-19(16-25)27-22-20(9-4-12-24-22)26(23(27)29)15-18-10-11-18/h4,9,12,17-19H,1-3,5-8,10-11,13-16H2/t19-/m0/s1. The van der Waals surface area contributed by atoms with Crippen LogP contribution in [-0.2, 0) is 11.3 Å². The zero-order valence-corrected chi connectivity index (χ0v) is 17.3. The van der Waals surface area contributed by atoms with Gasteiger partial charge in [0.25, 0.3) is 0 Å². The lowest BCUT2D eigenvalue weighted by molar-refractivity contribution is -0.134. The monoisotopic (exact) mass is 396 g/mol. The smallest absolute Gasteiger partial charge is 0.330 e. The van der Waals surface area contributed by atoms with Gasteiger partial charge in [-0.05, 0) is 62.5 Å². The van der Waals surface area contributed by atoms with Crippen LogP contribution >= 0.6 is 0 Å². The maximum Gasteiger partial charge on any atom is 0.330 e. The van der Waals surface area contributed by atoms with E-state index in [-0.39, 0.29) is 17.6 Å². The molecular formula is C23H32N4O2. The highest BCUT2D eigenvalue weighted by Gasteiger charge is 2.31. The second kappa shape index (κ2) is 7.96. The Labute approximate surface area is 171 Å². The summed E-state index contributed by atoms with van der Waals surface area (Å²) in [6.45, 7) is 2.26. The first-order chi connectivity index (χ1) is 14.2. The Morgan fingerprint density at radius 1 is 1.03 bits per heavy atom. The highest BCUT2D eigenvalue weighted by atomic mass is 16.2. The number of carbonyl (C=O) groups is 1. The average molecular weight is 397 g/mol. The average Bonchev–Trinajstić information content (AvgIpc) is 3.53. The highest BCUT2D eigenvalue weighted by Crippen LogP contribution is 2.32. The number of hydrogen-bond donors (Lipinski definition) is 0. The van der Waals surface area contributed by atoms with Crippen molar-refractivity contribution in [3.8, 4) is 0 Å². The lowest BCUT2D eigenvalue weighted by atomic mass is 9.86.